The first kappa shape index (κ1) is 19.2. The molecule has 6 nitrogen and oxygen atoms in total. The van der Waals surface area contributed by atoms with E-state index in [9.17, 15) is 14.7 Å². The number of carbonyl (C=O) groups is 2. The molecule has 0 spiro atoms. The smallest absolute Gasteiger partial charge is 0.407 e. The van der Waals surface area contributed by atoms with Crippen molar-refractivity contribution in [3.8, 4) is 11.1 Å². The Kier molecular flexibility index (Phi) is 5.33. The number of aliphatic carboxylic acids is 1. The monoisotopic (exact) mass is 409 g/mol. The summed E-state index contributed by atoms with van der Waals surface area (Å²) in [6.07, 6.45) is -2.55. The zero-order chi connectivity index (χ0) is 20.4. The Bertz CT molecular complexity index is 988. The highest BCUT2D eigenvalue weighted by Gasteiger charge is 2.32. The summed E-state index contributed by atoms with van der Waals surface area (Å²) in [4.78, 5) is 23.6. The summed E-state index contributed by atoms with van der Waals surface area (Å²) >= 11 is 1.35. The summed E-state index contributed by atoms with van der Waals surface area (Å²) in [5.41, 5.74) is 4.92. The second-order valence-electron chi connectivity index (χ2n) is 6.79. The lowest BCUT2D eigenvalue weighted by Crippen LogP contribution is -2.40. The highest BCUT2D eigenvalue weighted by Crippen LogP contribution is 2.44. The molecule has 3 aromatic rings. The molecule has 2 aromatic carbocycles. The third kappa shape index (κ3) is 3.74. The second kappa shape index (κ2) is 8.06. The third-order valence-corrected chi connectivity index (χ3v) is 5.79. The molecule has 1 heterocycles. The van der Waals surface area contributed by atoms with Crippen LogP contribution in [-0.2, 0) is 9.53 Å². The van der Waals surface area contributed by atoms with Gasteiger partial charge in [0.15, 0.2) is 6.10 Å². The van der Waals surface area contributed by atoms with E-state index in [1.165, 1.54) is 11.3 Å². The average molecular weight is 409 g/mol. The predicted octanol–water partition coefficient (Wildman–Crippen LogP) is 3.77. The number of benzene rings is 2. The molecule has 29 heavy (non-hydrogen) atoms. The first-order chi connectivity index (χ1) is 14.1. The number of amides is 1. The van der Waals surface area contributed by atoms with Gasteiger partial charge in [0.2, 0.25) is 0 Å². The number of carboxylic acid groups (broad SMARTS) is 1. The average Bonchev–Trinajstić information content (AvgIpc) is 3.37. The fourth-order valence-corrected chi connectivity index (χ4v) is 4.40. The Morgan fingerprint density at radius 2 is 1.66 bits per heavy atom. The first-order valence-corrected chi connectivity index (χ1v) is 10.0. The van der Waals surface area contributed by atoms with Crippen LogP contribution < -0.4 is 5.32 Å². The lowest BCUT2D eigenvalue weighted by atomic mass is 9.98. The summed E-state index contributed by atoms with van der Waals surface area (Å²) in [6.45, 7) is 0.110. The van der Waals surface area contributed by atoms with E-state index in [0.717, 1.165) is 22.3 Å². The summed E-state index contributed by atoms with van der Waals surface area (Å²) in [6, 6.07) is 16.6. The van der Waals surface area contributed by atoms with Crippen LogP contribution in [0, 0.1) is 0 Å². The number of carboxylic acids is 1. The normalized spacial score (nSPS) is 14.5. The largest absolute Gasteiger partial charge is 0.479 e. The number of carbonyl (C=O) groups excluding carboxylic acids is 1. The van der Waals surface area contributed by atoms with Gasteiger partial charge < -0.3 is 20.3 Å². The van der Waals surface area contributed by atoms with Gasteiger partial charge >= 0.3 is 12.1 Å². The van der Waals surface area contributed by atoms with Crippen LogP contribution in [-0.4, -0.2) is 35.0 Å². The Balaban J connectivity index is 1.49. The van der Waals surface area contributed by atoms with Gasteiger partial charge in [0.25, 0.3) is 0 Å². The number of nitrogens with one attached hydrogen (secondary N) is 1. The quantitative estimate of drug-likeness (QED) is 0.576. The SMILES string of the molecule is O=C(N[C@@H](c1ccsc1)[C@H](O)C(=O)O)OCC1c2ccccc2-c2ccccc21. The molecule has 7 heteroatoms. The number of aliphatic hydroxyl groups is 1. The van der Waals surface area contributed by atoms with Gasteiger partial charge in [-0.25, -0.2) is 9.59 Å². The Hall–Kier alpha value is -3.16. The van der Waals surface area contributed by atoms with Crippen LogP contribution in [0.3, 0.4) is 0 Å². The number of hydrogen-bond acceptors (Lipinski definition) is 5. The van der Waals surface area contributed by atoms with Crippen LogP contribution in [0.25, 0.3) is 11.1 Å². The highest BCUT2D eigenvalue weighted by atomic mass is 32.1. The third-order valence-electron chi connectivity index (χ3n) is 5.09. The van der Waals surface area contributed by atoms with Crippen LogP contribution in [0.1, 0.15) is 28.7 Å². The second-order valence-corrected chi connectivity index (χ2v) is 7.57. The minimum Gasteiger partial charge on any atom is -0.479 e. The molecule has 0 bridgehead atoms. The van der Waals surface area contributed by atoms with E-state index in [-0.39, 0.29) is 12.5 Å². The fourth-order valence-electron chi connectivity index (χ4n) is 3.71. The van der Waals surface area contributed by atoms with Crippen molar-refractivity contribution in [2.45, 2.75) is 18.1 Å². The maximum Gasteiger partial charge on any atom is 0.407 e. The van der Waals surface area contributed by atoms with Gasteiger partial charge in [-0.2, -0.15) is 11.3 Å². The van der Waals surface area contributed by atoms with Crippen molar-refractivity contribution in [1.82, 2.24) is 5.32 Å². The van der Waals surface area contributed by atoms with Crippen molar-refractivity contribution in [1.29, 1.82) is 0 Å². The fraction of sp³-hybridized carbons (Fsp3) is 0.182. The number of aliphatic hydroxyl groups excluding tert-OH is 1. The molecule has 0 saturated heterocycles. The Labute approximate surface area is 171 Å². The summed E-state index contributed by atoms with van der Waals surface area (Å²) in [7, 11) is 0. The van der Waals surface area contributed by atoms with Crippen molar-refractivity contribution < 1.29 is 24.5 Å². The van der Waals surface area contributed by atoms with E-state index in [2.05, 4.69) is 5.32 Å². The van der Waals surface area contributed by atoms with Crippen LogP contribution >= 0.6 is 11.3 Å². The zero-order valence-electron chi connectivity index (χ0n) is 15.3. The molecule has 1 aliphatic carbocycles. The molecule has 0 unspecified atom stereocenters. The Morgan fingerprint density at radius 1 is 1.03 bits per heavy atom. The number of hydrogen-bond donors (Lipinski definition) is 3. The number of ether oxygens (including phenoxy) is 1. The molecule has 1 aliphatic rings. The number of rotatable bonds is 6. The summed E-state index contributed by atoms with van der Waals surface area (Å²) in [5.74, 6) is -1.52. The van der Waals surface area contributed by atoms with Crippen LogP contribution in [0.2, 0.25) is 0 Å². The molecule has 148 valence electrons. The van der Waals surface area contributed by atoms with Crippen molar-refractivity contribution in [3.63, 3.8) is 0 Å². The van der Waals surface area contributed by atoms with Crippen molar-refractivity contribution in [3.05, 3.63) is 82.0 Å². The van der Waals surface area contributed by atoms with Gasteiger partial charge in [-0.1, -0.05) is 48.5 Å². The van der Waals surface area contributed by atoms with E-state index >= 15 is 0 Å². The molecule has 2 atom stereocenters. The van der Waals surface area contributed by atoms with E-state index in [4.69, 9.17) is 9.84 Å². The molecule has 0 saturated carbocycles. The van der Waals surface area contributed by atoms with E-state index in [0.29, 0.717) is 5.56 Å². The van der Waals surface area contributed by atoms with E-state index in [1.54, 1.807) is 16.8 Å². The molecular formula is C22H19NO5S. The minimum absolute atomic E-state index is 0.0999. The van der Waals surface area contributed by atoms with Gasteiger partial charge in [-0.3, -0.25) is 0 Å². The maximum absolute atomic E-state index is 12.4. The van der Waals surface area contributed by atoms with Gasteiger partial charge in [0.1, 0.15) is 6.61 Å². The number of alkyl carbamates (subject to hydrolysis) is 1. The van der Waals surface area contributed by atoms with E-state index < -0.39 is 24.2 Å². The molecule has 4 rings (SSSR count). The molecule has 0 fully saturated rings. The standard InChI is InChI=1S/C22H19NO5S/c24-20(21(25)26)19(13-9-10-29-12-13)23-22(27)28-11-18-16-7-3-1-5-14(16)15-6-2-4-8-17(15)18/h1-10,12,18-20,24H,11H2,(H,23,27)(H,25,26)/t19-,20-/m0/s1. The Morgan fingerprint density at radius 3 is 2.21 bits per heavy atom. The van der Waals surface area contributed by atoms with Crippen molar-refractivity contribution >= 4 is 23.4 Å². The number of thiophene rings is 1. The first-order valence-electron chi connectivity index (χ1n) is 9.10. The molecule has 1 amide bonds. The van der Waals surface area contributed by atoms with Crippen LogP contribution in [0.15, 0.2) is 65.4 Å². The highest BCUT2D eigenvalue weighted by molar-refractivity contribution is 7.08. The summed E-state index contributed by atoms with van der Waals surface area (Å²) < 4.78 is 5.45. The summed E-state index contributed by atoms with van der Waals surface area (Å²) in [5, 5.41) is 25.0. The lowest BCUT2D eigenvalue weighted by Gasteiger charge is -2.21. The topological polar surface area (TPSA) is 95.9 Å². The van der Waals surface area contributed by atoms with Gasteiger partial charge in [0, 0.05) is 5.92 Å². The molecular weight excluding hydrogens is 390 g/mol. The van der Waals surface area contributed by atoms with Crippen LogP contribution in [0.5, 0.6) is 0 Å². The molecule has 3 N–H and O–H groups in total. The van der Waals surface area contributed by atoms with Crippen molar-refractivity contribution in [2.24, 2.45) is 0 Å². The predicted molar refractivity (Wildman–Crippen MR) is 109 cm³/mol. The van der Waals surface area contributed by atoms with Gasteiger partial charge in [-0.15, -0.1) is 0 Å². The molecule has 0 aliphatic heterocycles. The van der Waals surface area contributed by atoms with Crippen LogP contribution in [0.4, 0.5) is 4.79 Å². The molecule has 1 aromatic heterocycles. The number of fused-ring (bicyclic) bond motifs is 3. The maximum atomic E-state index is 12.4. The van der Waals surface area contributed by atoms with E-state index in [1.807, 2.05) is 48.5 Å². The van der Waals surface area contributed by atoms with Gasteiger partial charge in [-0.05, 0) is 44.6 Å². The minimum atomic E-state index is -1.77. The van der Waals surface area contributed by atoms with Crippen molar-refractivity contribution in [2.75, 3.05) is 6.61 Å². The lowest BCUT2D eigenvalue weighted by molar-refractivity contribution is -0.148. The molecule has 0 radical (unpaired) electrons. The zero-order valence-corrected chi connectivity index (χ0v) is 16.1. The van der Waals surface area contributed by atoms with Gasteiger partial charge in [0.05, 0.1) is 6.04 Å².